The zero-order chi connectivity index (χ0) is 20.3. The first kappa shape index (κ1) is 21.1. The first-order chi connectivity index (χ1) is 11.7. The van der Waals surface area contributed by atoms with E-state index in [0.29, 0.717) is 17.8 Å². The van der Waals surface area contributed by atoms with E-state index in [9.17, 15) is 36.5 Å². The Morgan fingerprint density at radius 1 is 0.923 bits per heavy atom. The molecule has 2 rings (SSSR count). The third kappa shape index (κ3) is 5.57. The van der Waals surface area contributed by atoms with Crippen molar-refractivity contribution in [2.24, 2.45) is 0 Å². The predicted molar refractivity (Wildman–Crippen MR) is 79.0 cm³/mol. The molecule has 26 heavy (non-hydrogen) atoms. The average Bonchev–Trinajstić information content (AvgIpc) is 2.48. The van der Waals surface area contributed by atoms with Gasteiger partial charge in [0.2, 0.25) is 0 Å². The van der Waals surface area contributed by atoms with E-state index < -0.39 is 34.4 Å². The van der Waals surface area contributed by atoms with Crippen molar-refractivity contribution in [3.63, 3.8) is 0 Å². The van der Waals surface area contributed by atoms with Crippen LogP contribution in [-0.2, 0) is 12.4 Å². The summed E-state index contributed by atoms with van der Waals surface area (Å²) < 4.78 is 72.2. The van der Waals surface area contributed by atoms with Crippen LogP contribution in [0.4, 0.5) is 37.7 Å². The molecule has 12 heteroatoms. The van der Waals surface area contributed by atoms with Gasteiger partial charge in [0, 0.05) is 5.56 Å². The van der Waals surface area contributed by atoms with Gasteiger partial charge >= 0.3 is 12.4 Å². The van der Waals surface area contributed by atoms with Crippen LogP contribution in [0.15, 0.2) is 24.5 Å². The monoisotopic (exact) mass is 382 g/mol. The van der Waals surface area contributed by atoms with Crippen LogP contribution in [0.25, 0.3) is 0 Å². The molecular weight excluding hydrogens is 370 g/mol. The SMILES string of the molecule is Cc1cc(C(F)(F)F)ncc1N.Cc1cc(C(F)(F)F)ncc1[N+](=O)[O-]. The van der Waals surface area contributed by atoms with E-state index in [1.54, 1.807) is 0 Å². The molecule has 0 aliphatic carbocycles. The number of halogens is 6. The molecule has 0 aliphatic rings. The van der Waals surface area contributed by atoms with E-state index in [0.717, 1.165) is 12.3 Å². The minimum atomic E-state index is -4.57. The number of aromatic nitrogens is 2. The Kier molecular flexibility index (Phi) is 6.12. The number of pyridine rings is 2. The molecule has 2 heterocycles. The molecule has 142 valence electrons. The Morgan fingerprint density at radius 2 is 1.35 bits per heavy atom. The number of nitrogens with zero attached hydrogens (tertiary/aromatic N) is 3. The van der Waals surface area contributed by atoms with Gasteiger partial charge in [-0.3, -0.25) is 10.1 Å². The molecule has 0 radical (unpaired) electrons. The fraction of sp³-hybridized carbons (Fsp3) is 0.286. The minimum Gasteiger partial charge on any atom is -0.397 e. The average molecular weight is 382 g/mol. The number of aryl methyl sites for hydroxylation is 2. The summed E-state index contributed by atoms with van der Waals surface area (Å²) >= 11 is 0. The van der Waals surface area contributed by atoms with Crippen LogP contribution in [0.1, 0.15) is 22.5 Å². The highest BCUT2D eigenvalue weighted by Gasteiger charge is 2.33. The van der Waals surface area contributed by atoms with Crippen molar-refractivity contribution in [2.45, 2.75) is 26.2 Å². The van der Waals surface area contributed by atoms with E-state index >= 15 is 0 Å². The second-order valence-corrected chi connectivity index (χ2v) is 5.03. The first-order valence-corrected chi connectivity index (χ1v) is 6.71. The molecule has 2 aromatic rings. The Labute approximate surface area is 142 Å². The number of nitrogens with two attached hydrogens (primary N) is 1. The minimum absolute atomic E-state index is 0.0580. The van der Waals surface area contributed by atoms with E-state index in [1.165, 1.54) is 13.8 Å². The Bertz CT molecular complexity index is 805. The number of anilines is 1. The highest BCUT2D eigenvalue weighted by Crippen LogP contribution is 2.30. The maximum Gasteiger partial charge on any atom is 0.433 e. The van der Waals surface area contributed by atoms with Crippen molar-refractivity contribution in [1.29, 1.82) is 0 Å². The lowest BCUT2D eigenvalue weighted by Crippen LogP contribution is -2.08. The lowest BCUT2D eigenvalue weighted by atomic mass is 10.2. The van der Waals surface area contributed by atoms with E-state index in [-0.39, 0.29) is 11.3 Å². The second-order valence-electron chi connectivity index (χ2n) is 5.03. The molecule has 6 nitrogen and oxygen atoms in total. The van der Waals surface area contributed by atoms with Gasteiger partial charge in [0.05, 0.1) is 16.8 Å². The molecule has 0 spiro atoms. The van der Waals surface area contributed by atoms with E-state index in [2.05, 4.69) is 9.97 Å². The van der Waals surface area contributed by atoms with Crippen LogP contribution in [-0.4, -0.2) is 14.9 Å². The molecule has 2 aromatic heterocycles. The Balaban J connectivity index is 0.000000263. The molecule has 0 saturated carbocycles. The molecule has 0 aliphatic heterocycles. The maximum atomic E-state index is 12.1. The number of rotatable bonds is 1. The summed E-state index contributed by atoms with van der Waals surface area (Å²) in [6.07, 6.45) is -7.34. The highest BCUT2D eigenvalue weighted by molar-refractivity contribution is 5.44. The summed E-state index contributed by atoms with van der Waals surface area (Å²) in [5, 5.41) is 10.3. The Hall–Kier alpha value is -2.92. The number of alkyl halides is 6. The molecule has 0 amide bonds. The zero-order valence-corrected chi connectivity index (χ0v) is 13.3. The van der Waals surface area contributed by atoms with Crippen molar-refractivity contribution in [3.05, 3.63) is 57.2 Å². The molecule has 0 saturated heterocycles. The molecule has 0 unspecified atom stereocenters. The van der Waals surface area contributed by atoms with Crippen molar-refractivity contribution < 1.29 is 31.3 Å². The molecular formula is C14H12F6N4O2. The molecule has 0 atom stereocenters. The van der Waals surface area contributed by atoms with Crippen LogP contribution in [0, 0.1) is 24.0 Å². The standard InChI is InChI=1S/C7H5F3N2O2.C7H7F3N2/c1-4-2-6(7(8,9)10)11-3-5(4)12(13)14;1-4-2-6(7(8,9)10)12-3-5(4)11/h2-3H,1H3;2-3H,11H2,1H3. The smallest absolute Gasteiger partial charge is 0.397 e. The largest absolute Gasteiger partial charge is 0.433 e. The first-order valence-electron chi connectivity index (χ1n) is 6.71. The van der Waals surface area contributed by atoms with Crippen molar-refractivity contribution in [2.75, 3.05) is 5.73 Å². The fourth-order valence-corrected chi connectivity index (χ4v) is 1.62. The summed E-state index contributed by atoms with van der Waals surface area (Å²) in [5.41, 5.74) is 3.45. The van der Waals surface area contributed by atoms with Gasteiger partial charge in [-0.1, -0.05) is 0 Å². The molecule has 0 fully saturated rings. The van der Waals surface area contributed by atoms with Crippen molar-refractivity contribution >= 4 is 11.4 Å². The van der Waals surface area contributed by atoms with Crippen LogP contribution in [0.2, 0.25) is 0 Å². The van der Waals surface area contributed by atoms with Gasteiger partial charge in [0.1, 0.15) is 17.6 Å². The highest BCUT2D eigenvalue weighted by atomic mass is 19.4. The molecule has 0 aromatic carbocycles. The Morgan fingerprint density at radius 3 is 1.69 bits per heavy atom. The zero-order valence-electron chi connectivity index (χ0n) is 13.3. The second kappa shape index (κ2) is 7.54. The van der Waals surface area contributed by atoms with Crippen LogP contribution >= 0.6 is 0 Å². The number of hydrogen-bond donors (Lipinski definition) is 1. The van der Waals surface area contributed by atoms with E-state index in [1.807, 2.05) is 0 Å². The van der Waals surface area contributed by atoms with Gasteiger partial charge in [0.25, 0.3) is 5.69 Å². The predicted octanol–water partition coefficient (Wildman–Crippen LogP) is 4.31. The number of hydrogen-bond acceptors (Lipinski definition) is 5. The van der Waals surface area contributed by atoms with Crippen LogP contribution in [0.5, 0.6) is 0 Å². The quantitative estimate of drug-likeness (QED) is 0.451. The van der Waals surface area contributed by atoms with Crippen LogP contribution < -0.4 is 5.73 Å². The summed E-state index contributed by atoms with van der Waals surface area (Å²) in [5.74, 6) is 0. The van der Waals surface area contributed by atoms with Gasteiger partial charge in [-0.25, -0.2) is 9.97 Å². The van der Waals surface area contributed by atoms with Crippen molar-refractivity contribution in [3.8, 4) is 0 Å². The topological polar surface area (TPSA) is 94.9 Å². The lowest BCUT2D eigenvalue weighted by Gasteiger charge is -2.06. The summed E-state index contributed by atoms with van der Waals surface area (Å²) in [6.45, 7) is 2.74. The van der Waals surface area contributed by atoms with Gasteiger partial charge in [-0.15, -0.1) is 0 Å². The van der Waals surface area contributed by atoms with Crippen molar-refractivity contribution in [1.82, 2.24) is 9.97 Å². The van der Waals surface area contributed by atoms with E-state index in [4.69, 9.17) is 5.73 Å². The maximum absolute atomic E-state index is 12.1. The van der Waals surface area contributed by atoms with Gasteiger partial charge in [0.15, 0.2) is 0 Å². The third-order valence-electron chi connectivity index (χ3n) is 3.01. The number of nitro groups is 1. The summed E-state index contributed by atoms with van der Waals surface area (Å²) in [6, 6.07) is 1.58. The van der Waals surface area contributed by atoms with Gasteiger partial charge < -0.3 is 5.73 Å². The molecule has 2 N–H and O–H groups in total. The van der Waals surface area contributed by atoms with Crippen LogP contribution in [0.3, 0.4) is 0 Å². The summed E-state index contributed by atoms with van der Waals surface area (Å²) in [7, 11) is 0. The van der Waals surface area contributed by atoms with Gasteiger partial charge in [-0.2, -0.15) is 26.3 Å². The number of nitrogen functional groups attached to an aromatic ring is 1. The fourth-order valence-electron chi connectivity index (χ4n) is 1.62. The normalized spacial score (nSPS) is 11.5. The van der Waals surface area contributed by atoms with Gasteiger partial charge in [-0.05, 0) is 31.5 Å². The lowest BCUT2D eigenvalue weighted by molar-refractivity contribution is -0.385. The summed E-state index contributed by atoms with van der Waals surface area (Å²) in [4.78, 5) is 15.6. The molecule has 0 bridgehead atoms. The third-order valence-corrected chi connectivity index (χ3v) is 3.01.